The maximum atomic E-state index is 5.00. The Morgan fingerprint density at radius 3 is 0.774 bits per heavy atom. The molecule has 0 spiro atoms. The van der Waals surface area contributed by atoms with Crippen molar-refractivity contribution >= 4 is 6.21 Å². The number of oxime groups is 1. The van der Waals surface area contributed by atoms with Gasteiger partial charge in [-0.05, 0) is 12.2 Å². The molecule has 0 aromatic carbocycles. The van der Waals surface area contributed by atoms with Gasteiger partial charge in [0.25, 0.3) is 0 Å². The fourth-order valence-electron chi connectivity index (χ4n) is 1.84. The Kier molecular flexibility index (Phi) is 17.7. The number of hydrogen-bond acceptors (Lipinski definition) is 2. The van der Waals surface area contributed by atoms with Crippen LogP contribution < -0.4 is 0 Å². The summed E-state index contributed by atoms with van der Waals surface area (Å²) in [5.74, 6) is 0. The minimum atomic E-state index is 1.51. The van der Waals surface area contributed by atoms with Crippen molar-refractivity contribution in [3.8, 4) is 0 Å². The van der Waals surface area contributed by atoms with Gasteiger partial charge in [-0.25, -0.2) is 0 Å². The summed E-state index contributed by atoms with van der Waals surface area (Å²) in [5, 5.41) is 3.79. The predicted octanol–water partition coefficient (Wildman–Crippen LogP) is 7.75. The molecule has 1 heterocycles. The maximum Gasteiger partial charge on any atom is 0.122 e. The molecular formula is C29H29NO. The van der Waals surface area contributed by atoms with Crippen LogP contribution in [0.5, 0.6) is 0 Å². The van der Waals surface area contributed by atoms with E-state index in [9.17, 15) is 0 Å². The van der Waals surface area contributed by atoms with E-state index in [1.165, 1.54) is 6.26 Å². The van der Waals surface area contributed by atoms with Crippen LogP contribution in [0.4, 0.5) is 0 Å². The monoisotopic (exact) mass is 407 g/mol. The summed E-state index contributed by atoms with van der Waals surface area (Å²) in [5.41, 5.74) is 0. The van der Waals surface area contributed by atoms with E-state index < -0.39 is 0 Å². The minimum absolute atomic E-state index is 1.51. The molecule has 0 bridgehead atoms. The molecule has 156 valence electrons. The van der Waals surface area contributed by atoms with Gasteiger partial charge in [0, 0.05) is 0 Å². The quantitative estimate of drug-likeness (QED) is 0.402. The van der Waals surface area contributed by atoms with Crippen LogP contribution in [0.3, 0.4) is 0 Å². The molecule has 31 heavy (non-hydrogen) atoms. The summed E-state index contributed by atoms with van der Waals surface area (Å²) in [4.78, 5) is 5.00. The summed E-state index contributed by atoms with van der Waals surface area (Å²) in [6.07, 6.45) is 55.7. The molecule has 0 N–H and O–H groups in total. The van der Waals surface area contributed by atoms with Crippen LogP contribution in [0.1, 0.15) is 0 Å². The van der Waals surface area contributed by atoms with Crippen molar-refractivity contribution in [2.75, 3.05) is 0 Å². The standard InChI is InChI=1S/C29H29NO/c1-2-4-6-8-10-12-14-16-18-20-22-24-26-28-30-31-29-27-25-23-21-19-17-15-13-11-9-7-5-3-1/h1-29H. The van der Waals surface area contributed by atoms with Crippen LogP contribution in [0.15, 0.2) is 175 Å². The molecular weight excluding hydrogens is 378 g/mol. The van der Waals surface area contributed by atoms with Gasteiger partial charge in [0.15, 0.2) is 0 Å². The molecule has 0 aliphatic carbocycles. The van der Waals surface area contributed by atoms with E-state index in [1.807, 2.05) is 152 Å². The third-order valence-corrected chi connectivity index (χ3v) is 3.24. The van der Waals surface area contributed by atoms with Crippen molar-refractivity contribution in [3.05, 3.63) is 170 Å². The lowest BCUT2D eigenvalue weighted by molar-refractivity contribution is 0.271. The number of nitrogens with zero attached hydrogens (tertiary/aromatic N) is 1. The van der Waals surface area contributed by atoms with Gasteiger partial charge in [-0.2, -0.15) is 0 Å². The second-order valence-electron chi connectivity index (χ2n) is 5.69. The molecule has 1 aliphatic heterocycles. The summed E-state index contributed by atoms with van der Waals surface area (Å²) in [7, 11) is 0. The fraction of sp³-hybridized carbons (Fsp3) is 0. The summed E-state index contributed by atoms with van der Waals surface area (Å²) < 4.78 is 0. The Hall–Kier alpha value is -4.17. The molecule has 1 rings (SSSR count). The van der Waals surface area contributed by atoms with Crippen molar-refractivity contribution in [1.29, 1.82) is 0 Å². The van der Waals surface area contributed by atoms with E-state index in [0.717, 1.165) is 0 Å². The topological polar surface area (TPSA) is 21.6 Å². The molecule has 0 aromatic rings. The first-order chi connectivity index (χ1) is 15.5. The number of hydrogen-bond donors (Lipinski definition) is 0. The van der Waals surface area contributed by atoms with Crippen LogP contribution in [0.2, 0.25) is 0 Å². The highest BCUT2D eigenvalue weighted by Gasteiger charge is 1.69. The average Bonchev–Trinajstić information content (AvgIpc) is 2.78. The Morgan fingerprint density at radius 1 is 0.258 bits per heavy atom. The first-order valence-corrected chi connectivity index (χ1v) is 10.0. The Labute approximate surface area is 186 Å². The van der Waals surface area contributed by atoms with Gasteiger partial charge < -0.3 is 4.84 Å². The molecule has 0 saturated carbocycles. The van der Waals surface area contributed by atoms with Crippen molar-refractivity contribution < 1.29 is 4.84 Å². The third kappa shape index (κ3) is 20.4. The van der Waals surface area contributed by atoms with E-state index in [2.05, 4.69) is 5.16 Å². The minimum Gasteiger partial charge on any atom is -0.365 e. The fourth-order valence-corrected chi connectivity index (χ4v) is 1.84. The summed E-state index contributed by atoms with van der Waals surface area (Å²) in [6.45, 7) is 0. The second-order valence-corrected chi connectivity index (χ2v) is 5.69. The number of allylic oxidation sites excluding steroid dienone is 27. The average molecular weight is 408 g/mol. The molecule has 1 aliphatic rings. The zero-order chi connectivity index (χ0) is 21.9. The van der Waals surface area contributed by atoms with Crippen LogP contribution in [0.25, 0.3) is 0 Å². The van der Waals surface area contributed by atoms with Crippen LogP contribution in [0, 0.1) is 0 Å². The van der Waals surface area contributed by atoms with Crippen molar-refractivity contribution in [2.45, 2.75) is 0 Å². The lowest BCUT2D eigenvalue weighted by atomic mass is 10.3. The SMILES string of the molecule is C1=CC=CC=CC=CC=CC=CC=CC=NOC=CC=CC=CC=CC=CC=CC=C1. The predicted molar refractivity (Wildman–Crippen MR) is 138 cm³/mol. The molecule has 0 aromatic heterocycles. The van der Waals surface area contributed by atoms with Crippen LogP contribution in [-0.2, 0) is 4.84 Å². The second kappa shape index (κ2) is 22.1. The number of rotatable bonds is 0. The van der Waals surface area contributed by atoms with Gasteiger partial charge in [-0.3, -0.25) is 0 Å². The zero-order valence-corrected chi connectivity index (χ0v) is 17.6. The van der Waals surface area contributed by atoms with E-state index in [0.29, 0.717) is 0 Å². The third-order valence-electron chi connectivity index (χ3n) is 3.24. The molecule has 0 amide bonds. The molecule has 0 atom stereocenters. The van der Waals surface area contributed by atoms with Gasteiger partial charge in [0.2, 0.25) is 0 Å². The largest absolute Gasteiger partial charge is 0.365 e. The first-order valence-electron chi connectivity index (χ1n) is 10.0. The highest BCUT2D eigenvalue weighted by molar-refractivity contribution is 5.70. The van der Waals surface area contributed by atoms with Crippen molar-refractivity contribution in [1.82, 2.24) is 0 Å². The van der Waals surface area contributed by atoms with Crippen LogP contribution >= 0.6 is 0 Å². The lowest BCUT2D eigenvalue weighted by Gasteiger charge is -1.83. The summed E-state index contributed by atoms with van der Waals surface area (Å²) in [6, 6.07) is 0. The normalized spacial score (nSPS) is 16.0. The van der Waals surface area contributed by atoms with E-state index >= 15 is 0 Å². The first kappa shape index (κ1) is 24.9. The van der Waals surface area contributed by atoms with Gasteiger partial charge in [-0.1, -0.05) is 157 Å². The van der Waals surface area contributed by atoms with Crippen molar-refractivity contribution in [3.63, 3.8) is 0 Å². The van der Waals surface area contributed by atoms with Gasteiger partial charge >= 0.3 is 0 Å². The molecule has 0 unspecified atom stereocenters. The molecule has 0 saturated heterocycles. The smallest absolute Gasteiger partial charge is 0.122 e. The Morgan fingerprint density at radius 2 is 0.484 bits per heavy atom. The Bertz CT molecular complexity index is 828. The molecule has 0 radical (unpaired) electrons. The maximum absolute atomic E-state index is 5.00. The highest BCUT2D eigenvalue weighted by atomic mass is 16.6. The van der Waals surface area contributed by atoms with Gasteiger partial charge in [-0.15, -0.1) is 0 Å². The van der Waals surface area contributed by atoms with E-state index in [1.54, 1.807) is 18.4 Å². The van der Waals surface area contributed by atoms with Crippen LogP contribution in [-0.4, -0.2) is 6.21 Å². The van der Waals surface area contributed by atoms with Gasteiger partial charge in [0.1, 0.15) is 6.26 Å². The summed E-state index contributed by atoms with van der Waals surface area (Å²) >= 11 is 0. The molecule has 0 fully saturated rings. The van der Waals surface area contributed by atoms with Gasteiger partial charge in [0.05, 0.1) is 6.21 Å². The Balaban J connectivity index is 2.64. The molecule has 2 nitrogen and oxygen atoms in total. The van der Waals surface area contributed by atoms with Crippen molar-refractivity contribution in [2.24, 2.45) is 5.16 Å². The lowest BCUT2D eigenvalue weighted by Crippen LogP contribution is -1.68. The highest BCUT2D eigenvalue weighted by Crippen LogP contribution is 1.88. The zero-order valence-electron chi connectivity index (χ0n) is 17.6. The molecule has 2 heteroatoms. The van der Waals surface area contributed by atoms with E-state index in [-0.39, 0.29) is 0 Å². The van der Waals surface area contributed by atoms with E-state index in [4.69, 9.17) is 4.84 Å².